The third kappa shape index (κ3) is 5.24. The molecule has 0 saturated heterocycles. The highest BCUT2D eigenvalue weighted by Crippen LogP contribution is 2.22. The van der Waals surface area contributed by atoms with Gasteiger partial charge in [0.15, 0.2) is 0 Å². The van der Waals surface area contributed by atoms with Gasteiger partial charge in [-0.2, -0.15) is 0 Å². The lowest BCUT2D eigenvalue weighted by atomic mass is 10.1. The number of carbonyl (C=O) groups is 2. The zero-order chi connectivity index (χ0) is 16.4. The van der Waals surface area contributed by atoms with Crippen LogP contribution in [-0.4, -0.2) is 31.8 Å². The van der Waals surface area contributed by atoms with Crippen LogP contribution in [0.4, 0.5) is 0 Å². The molecule has 0 fully saturated rings. The van der Waals surface area contributed by atoms with Crippen LogP contribution in [0.2, 0.25) is 0 Å². The molecular formula is C17H22O5. The third-order valence-electron chi connectivity index (χ3n) is 2.67. The summed E-state index contributed by atoms with van der Waals surface area (Å²) in [4.78, 5) is 23.9. The van der Waals surface area contributed by atoms with E-state index in [9.17, 15) is 9.59 Å². The molecule has 1 rings (SSSR count). The van der Waals surface area contributed by atoms with Gasteiger partial charge in [0.05, 0.1) is 19.8 Å². The molecule has 1 aromatic rings. The molecule has 5 nitrogen and oxygen atoms in total. The fourth-order valence-corrected chi connectivity index (χ4v) is 1.72. The molecular weight excluding hydrogens is 284 g/mol. The second-order valence-corrected chi connectivity index (χ2v) is 4.39. The van der Waals surface area contributed by atoms with Gasteiger partial charge in [-0.25, -0.2) is 9.59 Å². The molecule has 0 amide bonds. The van der Waals surface area contributed by atoms with Crippen molar-refractivity contribution in [1.82, 2.24) is 0 Å². The molecule has 0 N–H and O–H groups in total. The van der Waals surface area contributed by atoms with Crippen molar-refractivity contribution >= 4 is 18.0 Å². The molecule has 0 saturated carbocycles. The lowest BCUT2D eigenvalue weighted by Gasteiger charge is -2.10. The summed E-state index contributed by atoms with van der Waals surface area (Å²) >= 11 is 0. The van der Waals surface area contributed by atoms with E-state index in [1.54, 1.807) is 32.0 Å². The van der Waals surface area contributed by atoms with Gasteiger partial charge < -0.3 is 14.2 Å². The molecule has 0 radical (unpaired) electrons. The molecule has 0 bridgehead atoms. The Labute approximate surface area is 130 Å². The maximum atomic E-state index is 12.0. The normalized spacial score (nSPS) is 9.77. The number of hydrogen-bond acceptors (Lipinski definition) is 5. The Kier molecular flexibility index (Phi) is 7.75. The van der Waals surface area contributed by atoms with Crippen LogP contribution in [0.5, 0.6) is 5.75 Å². The van der Waals surface area contributed by atoms with Crippen LogP contribution in [0, 0.1) is 0 Å². The van der Waals surface area contributed by atoms with Crippen molar-refractivity contribution in [3.05, 3.63) is 35.4 Å². The number of ether oxygens (including phenoxy) is 3. The SMILES string of the molecule is CCCOc1ccccc1C=C(C(=O)OCC)C(=O)OCC. The van der Waals surface area contributed by atoms with E-state index in [1.165, 1.54) is 6.08 Å². The molecule has 0 aliphatic heterocycles. The van der Waals surface area contributed by atoms with Crippen LogP contribution in [0.15, 0.2) is 29.8 Å². The molecule has 0 atom stereocenters. The number of esters is 2. The van der Waals surface area contributed by atoms with Gasteiger partial charge in [-0.1, -0.05) is 25.1 Å². The zero-order valence-electron chi connectivity index (χ0n) is 13.3. The highest BCUT2D eigenvalue weighted by atomic mass is 16.6. The van der Waals surface area contributed by atoms with Crippen molar-refractivity contribution in [1.29, 1.82) is 0 Å². The fourth-order valence-electron chi connectivity index (χ4n) is 1.72. The van der Waals surface area contributed by atoms with Crippen LogP contribution in [0.1, 0.15) is 32.8 Å². The van der Waals surface area contributed by atoms with Gasteiger partial charge >= 0.3 is 11.9 Å². The quantitative estimate of drug-likeness (QED) is 0.320. The minimum atomic E-state index is -0.703. The first-order valence-electron chi connectivity index (χ1n) is 7.41. The lowest BCUT2D eigenvalue weighted by molar-refractivity contribution is -0.146. The smallest absolute Gasteiger partial charge is 0.345 e. The maximum Gasteiger partial charge on any atom is 0.345 e. The molecule has 120 valence electrons. The topological polar surface area (TPSA) is 61.8 Å². The molecule has 5 heteroatoms. The van der Waals surface area contributed by atoms with Gasteiger partial charge in [0, 0.05) is 5.56 Å². The van der Waals surface area contributed by atoms with Gasteiger partial charge in [0.1, 0.15) is 11.3 Å². The molecule has 1 aromatic carbocycles. The highest BCUT2D eigenvalue weighted by Gasteiger charge is 2.21. The predicted octanol–water partition coefficient (Wildman–Crippen LogP) is 2.99. The van der Waals surface area contributed by atoms with E-state index in [4.69, 9.17) is 14.2 Å². The number of benzene rings is 1. The second kappa shape index (κ2) is 9.60. The number of carbonyl (C=O) groups excluding carboxylic acids is 2. The van der Waals surface area contributed by atoms with Crippen molar-refractivity contribution in [2.75, 3.05) is 19.8 Å². The van der Waals surface area contributed by atoms with Gasteiger partial charge in [-0.15, -0.1) is 0 Å². The minimum absolute atomic E-state index is 0.142. The van der Waals surface area contributed by atoms with Crippen LogP contribution >= 0.6 is 0 Å². The van der Waals surface area contributed by atoms with Gasteiger partial charge in [-0.05, 0) is 32.4 Å². The Hall–Kier alpha value is -2.30. The second-order valence-electron chi connectivity index (χ2n) is 4.39. The zero-order valence-corrected chi connectivity index (χ0v) is 13.3. The standard InChI is InChI=1S/C17H22O5/c1-4-11-22-15-10-8-7-9-13(15)12-14(16(18)20-5-2)17(19)21-6-3/h7-10,12H,4-6,11H2,1-3H3. The highest BCUT2D eigenvalue weighted by molar-refractivity contribution is 6.17. The summed E-state index contributed by atoms with van der Waals surface area (Å²) in [6.07, 6.45) is 2.31. The lowest BCUT2D eigenvalue weighted by Crippen LogP contribution is -2.18. The average Bonchev–Trinajstić information content (AvgIpc) is 2.51. The Balaban J connectivity index is 3.15. The Morgan fingerprint density at radius 3 is 2.14 bits per heavy atom. The summed E-state index contributed by atoms with van der Waals surface area (Å²) in [5.41, 5.74) is 0.489. The maximum absolute atomic E-state index is 12.0. The van der Waals surface area contributed by atoms with E-state index < -0.39 is 11.9 Å². The Bertz CT molecular complexity index is 514. The summed E-state index contributed by atoms with van der Waals surface area (Å²) in [6, 6.07) is 7.19. The molecule has 0 aromatic heterocycles. The van der Waals surface area contributed by atoms with Crippen molar-refractivity contribution in [2.24, 2.45) is 0 Å². The van der Waals surface area contributed by atoms with Crippen LogP contribution in [0.25, 0.3) is 6.08 Å². The largest absolute Gasteiger partial charge is 0.493 e. The van der Waals surface area contributed by atoms with Crippen molar-refractivity contribution in [3.8, 4) is 5.75 Å². The van der Waals surface area contributed by atoms with Crippen LogP contribution < -0.4 is 4.74 Å². The first kappa shape index (κ1) is 17.8. The summed E-state index contributed by atoms with van der Waals surface area (Å²) in [6.45, 7) is 6.28. The Morgan fingerprint density at radius 2 is 1.59 bits per heavy atom. The van der Waals surface area contributed by atoms with Crippen LogP contribution in [-0.2, 0) is 19.1 Å². The molecule has 0 heterocycles. The average molecular weight is 306 g/mol. The monoisotopic (exact) mass is 306 g/mol. The molecule has 0 spiro atoms. The molecule has 0 aliphatic rings. The van der Waals surface area contributed by atoms with Crippen molar-refractivity contribution < 1.29 is 23.8 Å². The number of para-hydroxylation sites is 1. The van der Waals surface area contributed by atoms with Gasteiger partial charge in [0.25, 0.3) is 0 Å². The first-order valence-corrected chi connectivity index (χ1v) is 7.41. The molecule has 0 aliphatic carbocycles. The fraction of sp³-hybridized carbons (Fsp3) is 0.412. The summed E-state index contributed by atoms with van der Waals surface area (Å²) in [5, 5.41) is 0. The third-order valence-corrected chi connectivity index (χ3v) is 2.67. The van der Waals surface area contributed by atoms with Gasteiger partial charge in [0.2, 0.25) is 0 Å². The first-order chi connectivity index (χ1) is 10.6. The minimum Gasteiger partial charge on any atom is -0.493 e. The summed E-state index contributed by atoms with van der Waals surface area (Å²) in [5.74, 6) is -0.798. The number of rotatable bonds is 8. The van der Waals surface area contributed by atoms with E-state index in [1.807, 2.05) is 13.0 Å². The van der Waals surface area contributed by atoms with E-state index in [2.05, 4.69) is 0 Å². The molecule has 0 unspecified atom stereocenters. The van der Waals surface area contributed by atoms with Crippen molar-refractivity contribution in [3.63, 3.8) is 0 Å². The van der Waals surface area contributed by atoms with E-state index in [0.29, 0.717) is 17.9 Å². The number of hydrogen-bond donors (Lipinski definition) is 0. The molecule has 22 heavy (non-hydrogen) atoms. The van der Waals surface area contributed by atoms with Gasteiger partial charge in [-0.3, -0.25) is 0 Å². The van der Waals surface area contributed by atoms with Crippen molar-refractivity contribution in [2.45, 2.75) is 27.2 Å². The predicted molar refractivity (Wildman–Crippen MR) is 83.5 cm³/mol. The Morgan fingerprint density at radius 1 is 1.00 bits per heavy atom. The van der Waals surface area contributed by atoms with Crippen LogP contribution in [0.3, 0.4) is 0 Å². The van der Waals surface area contributed by atoms with E-state index >= 15 is 0 Å². The van der Waals surface area contributed by atoms with E-state index in [-0.39, 0.29) is 18.8 Å². The van der Waals surface area contributed by atoms with E-state index in [0.717, 1.165) is 6.42 Å². The summed E-state index contributed by atoms with van der Waals surface area (Å²) in [7, 11) is 0. The summed E-state index contributed by atoms with van der Waals surface area (Å²) < 4.78 is 15.4.